The van der Waals surface area contributed by atoms with Gasteiger partial charge in [0.1, 0.15) is 0 Å². The fourth-order valence-corrected chi connectivity index (χ4v) is 1.41. The Hall–Kier alpha value is 0.500. The topological polar surface area (TPSA) is 15.3 Å². The van der Waals surface area contributed by atoms with E-state index >= 15 is 0 Å². The number of hydrogen-bond donors (Lipinski definition) is 1. The predicted octanol–water partition coefficient (Wildman–Crippen LogP) is 0.755. The molecule has 68 valence electrons. The summed E-state index contributed by atoms with van der Waals surface area (Å²) in [7, 11) is 0. The number of hydrogen-bond acceptors (Lipinski definition) is 2. The molecule has 2 nitrogen and oxygen atoms in total. The molecule has 2 heterocycles. The van der Waals surface area contributed by atoms with Crippen LogP contribution in [0.15, 0.2) is 0 Å². The van der Waals surface area contributed by atoms with Gasteiger partial charge in [0.2, 0.25) is 0 Å². The molecule has 11 heavy (non-hydrogen) atoms. The number of rotatable bonds is 2. The zero-order valence-electron chi connectivity index (χ0n) is 6.58. The van der Waals surface area contributed by atoms with Gasteiger partial charge in [-0.1, -0.05) is 0 Å². The average molecular weight is 199 g/mol. The minimum atomic E-state index is 0. The first-order valence-electron chi connectivity index (χ1n) is 3.88. The van der Waals surface area contributed by atoms with E-state index in [0.717, 1.165) is 5.92 Å². The van der Waals surface area contributed by atoms with Crippen LogP contribution in [-0.4, -0.2) is 37.6 Å². The van der Waals surface area contributed by atoms with Crippen LogP contribution in [0.1, 0.15) is 6.42 Å². The SMILES string of the molecule is C1CN(CC2CNC2)C1.Cl.Cl. The molecule has 0 radical (unpaired) electrons. The molecule has 0 aliphatic carbocycles. The summed E-state index contributed by atoms with van der Waals surface area (Å²) < 4.78 is 0. The first-order chi connectivity index (χ1) is 4.45. The maximum atomic E-state index is 3.29. The average Bonchev–Trinajstić information content (AvgIpc) is 1.57. The van der Waals surface area contributed by atoms with Crippen molar-refractivity contribution in [1.29, 1.82) is 0 Å². The van der Waals surface area contributed by atoms with Crippen molar-refractivity contribution in [2.24, 2.45) is 5.92 Å². The molecule has 0 amide bonds. The summed E-state index contributed by atoms with van der Waals surface area (Å²) >= 11 is 0. The Labute approximate surface area is 80.5 Å². The molecule has 0 spiro atoms. The fraction of sp³-hybridized carbons (Fsp3) is 1.00. The molecule has 0 aromatic heterocycles. The highest BCUT2D eigenvalue weighted by Crippen LogP contribution is 2.11. The van der Waals surface area contributed by atoms with Gasteiger partial charge in [-0.2, -0.15) is 0 Å². The summed E-state index contributed by atoms with van der Waals surface area (Å²) in [5.74, 6) is 0.977. The summed E-state index contributed by atoms with van der Waals surface area (Å²) in [6, 6.07) is 0. The molecule has 0 saturated carbocycles. The lowest BCUT2D eigenvalue weighted by Crippen LogP contribution is -2.51. The number of halogens is 2. The van der Waals surface area contributed by atoms with Crippen LogP contribution < -0.4 is 5.32 Å². The van der Waals surface area contributed by atoms with Crippen molar-refractivity contribution in [1.82, 2.24) is 10.2 Å². The molecule has 2 aliphatic rings. The van der Waals surface area contributed by atoms with Crippen molar-refractivity contribution in [3.05, 3.63) is 0 Å². The van der Waals surface area contributed by atoms with Gasteiger partial charge in [0, 0.05) is 19.6 Å². The highest BCUT2D eigenvalue weighted by Gasteiger charge is 2.22. The van der Waals surface area contributed by atoms with E-state index < -0.39 is 0 Å². The van der Waals surface area contributed by atoms with Gasteiger partial charge in [0.15, 0.2) is 0 Å². The van der Waals surface area contributed by atoms with E-state index in [4.69, 9.17) is 0 Å². The molecule has 2 fully saturated rings. The number of nitrogens with one attached hydrogen (secondary N) is 1. The fourth-order valence-electron chi connectivity index (χ4n) is 1.41. The molecule has 0 unspecified atom stereocenters. The molecule has 0 aromatic carbocycles. The Morgan fingerprint density at radius 2 is 1.82 bits per heavy atom. The van der Waals surface area contributed by atoms with E-state index in [2.05, 4.69) is 10.2 Å². The van der Waals surface area contributed by atoms with E-state index in [1.807, 2.05) is 0 Å². The zero-order chi connectivity index (χ0) is 6.10. The van der Waals surface area contributed by atoms with Gasteiger partial charge < -0.3 is 10.2 Å². The van der Waals surface area contributed by atoms with Crippen LogP contribution in [0.4, 0.5) is 0 Å². The molecule has 1 N–H and O–H groups in total. The van der Waals surface area contributed by atoms with E-state index in [1.165, 1.54) is 39.1 Å². The molecule has 4 heteroatoms. The lowest BCUT2D eigenvalue weighted by atomic mass is 10.0. The summed E-state index contributed by atoms with van der Waals surface area (Å²) in [4.78, 5) is 2.55. The van der Waals surface area contributed by atoms with Gasteiger partial charge in [0.25, 0.3) is 0 Å². The van der Waals surface area contributed by atoms with Crippen LogP contribution >= 0.6 is 24.8 Å². The van der Waals surface area contributed by atoms with E-state index in [1.54, 1.807) is 0 Å². The zero-order valence-corrected chi connectivity index (χ0v) is 8.22. The molecule has 2 saturated heterocycles. The van der Waals surface area contributed by atoms with Crippen molar-refractivity contribution in [2.45, 2.75) is 6.42 Å². The van der Waals surface area contributed by atoms with Gasteiger partial charge in [0.05, 0.1) is 0 Å². The van der Waals surface area contributed by atoms with E-state index in [0.29, 0.717) is 0 Å². The van der Waals surface area contributed by atoms with E-state index in [9.17, 15) is 0 Å². The molecule has 2 rings (SSSR count). The maximum Gasteiger partial charge on any atom is 0.00340 e. The second-order valence-corrected chi connectivity index (χ2v) is 3.18. The van der Waals surface area contributed by atoms with Crippen LogP contribution in [0.25, 0.3) is 0 Å². The van der Waals surface area contributed by atoms with Crippen LogP contribution in [-0.2, 0) is 0 Å². The minimum absolute atomic E-state index is 0. The monoisotopic (exact) mass is 198 g/mol. The summed E-state index contributed by atoms with van der Waals surface area (Å²) in [5.41, 5.74) is 0. The Morgan fingerprint density at radius 3 is 2.09 bits per heavy atom. The molecule has 0 bridgehead atoms. The normalized spacial score (nSPS) is 24.0. The quantitative estimate of drug-likeness (QED) is 0.706. The third kappa shape index (κ3) is 2.79. The largest absolute Gasteiger partial charge is 0.316 e. The third-order valence-electron chi connectivity index (χ3n) is 2.33. The molecular formula is C7H16Cl2N2. The lowest BCUT2D eigenvalue weighted by molar-refractivity contribution is 0.131. The third-order valence-corrected chi connectivity index (χ3v) is 2.33. The van der Waals surface area contributed by atoms with Crippen LogP contribution in [0.3, 0.4) is 0 Å². The summed E-state index contributed by atoms with van der Waals surface area (Å²) in [5, 5.41) is 3.29. The highest BCUT2D eigenvalue weighted by atomic mass is 35.5. The minimum Gasteiger partial charge on any atom is -0.316 e. The first-order valence-corrected chi connectivity index (χ1v) is 3.88. The van der Waals surface area contributed by atoms with Crippen LogP contribution in [0.2, 0.25) is 0 Å². The maximum absolute atomic E-state index is 3.29. The second kappa shape index (κ2) is 5.20. The Bertz CT molecular complexity index is 90.6. The van der Waals surface area contributed by atoms with Crippen LogP contribution in [0, 0.1) is 5.92 Å². The van der Waals surface area contributed by atoms with Crippen molar-refractivity contribution in [3.8, 4) is 0 Å². The van der Waals surface area contributed by atoms with E-state index in [-0.39, 0.29) is 24.8 Å². The first kappa shape index (κ1) is 11.5. The van der Waals surface area contributed by atoms with Crippen molar-refractivity contribution < 1.29 is 0 Å². The van der Waals surface area contributed by atoms with Crippen molar-refractivity contribution in [2.75, 3.05) is 32.7 Å². The van der Waals surface area contributed by atoms with Crippen LogP contribution in [0.5, 0.6) is 0 Å². The molecule has 0 atom stereocenters. The molecular weight excluding hydrogens is 183 g/mol. The van der Waals surface area contributed by atoms with Crippen molar-refractivity contribution in [3.63, 3.8) is 0 Å². The van der Waals surface area contributed by atoms with Gasteiger partial charge in [-0.25, -0.2) is 0 Å². The van der Waals surface area contributed by atoms with Gasteiger partial charge in [-0.3, -0.25) is 0 Å². The smallest absolute Gasteiger partial charge is 0.00340 e. The van der Waals surface area contributed by atoms with Crippen molar-refractivity contribution >= 4 is 24.8 Å². The van der Waals surface area contributed by atoms with Gasteiger partial charge in [-0.05, 0) is 25.4 Å². The van der Waals surface area contributed by atoms with Gasteiger partial charge in [-0.15, -0.1) is 24.8 Å². The summed E-state index contributed by atoms with van der Waals surface area (Å²) in [6.45, 7) is 6.59. The predicted molar refractivity (Wildman–Crippen MR) is 51.9 cm³/mol. The van der Waals surface area contributed by atoms with Gasteiger partial charge >= 0.3 is 0 Å². The standard InChI is InChI=1S/C7H14N2.2ClH/c1-2-9(3-1)6-7-4-8-5-7;;/h7-8H,1-6H2;2*1H. The Morgan fingerprint density at radius 1 is 1.18 bits per heavy atom. The summed E-state index contributed by atoms with van der Waals surface area (Å²) in [6.07, 6.45) is 1.43. The second-order valence-electron chi connectivity index (χ2n) is 3.18. The number of nitrogens with zero attached hydrogens (tertiary/aromatic N) is 1. The molecule has 2 aliphatic heterocycles. The Balaban J connectivity index is 0.000000500. The Kier molecular flexibility index (Phi) is 5.44. The lowest BCUT2D eigenvalue weighted by Gasteiger charge is -2.37. The number of likely N-dealkylation sites (tertiary alicyclic amines) is 1. The highest BCUT2D eigenvalue weighted by molar-refractivity contribution is 5.85. The molecule has 0 aromatic rings.